The minimum absolute atomic E-state index is 0.237. The van der Waals surface area contributed by atoms with Gasteiger partial charge in [-0.25, -0.2) is 0 Å². The van der Waals surface area contributed by atoms with Crippen LogP contribution in [0.3, 0.4) is 0 Å². The highest BCUT2D eigenvalue weighted by molar-refractivity contribution is 7.99. The molecule has 0 aliphatic carbocycles. The number of thioether (sulfide) groups is 1. The molecule has 0 amide bonds. The molecule has 0 unspecified atom stereocenters. The van der Waals surface area contributed by atoms with E-state index in [4.69, 9.17) is 4.74 Å². The first-order valence-electron chi connectivity index (χ1n) is 5.31. The molecule has 1 aromatic carbocycles. The van der Waals surface area contributed by atoms with Crippen molar-refractivity contribution < 1.29 is 18.3 Å². The number of ether oxygens (including phenoxy) is 1. The topological polar surface area (TPSA) is 26.3 Å². The molecule has 5 heteroatoms. The lowest BCUT2D eigenvalue weighted by atomic mass is 10.1. The van der Waals surface area contributed by atoms with Crippen molar-refractivity contribution in [2.24, 2.45) is 0 Å². The van der Waals surface area contributed by atoms with Crippen LogP contribution in [0.5, 0.6) is 0 Å². The summed E-state index contributed by atoms with van der Waals surface area (Å²) in [5, 5.41) is 0. The normalized spacial score (nSPS) is 10.6. The SMILES string of the molecule is CCOC(=O)CCc1ccc(SC(F)F)cc1. The summed E-state index contributed by atoms with van der Waals surface area (Å²) in [6, 6.07) is 6.78. The molecule has 0 bridgehead atoms. The molecule has 0 saturated carbocycles. The molecule has 1 aromatic rings. The molecule has 0 heterocycles. The predicted molar refractivity (Wildman–Crippen MR) is 63.3 cm³/mol. The molecular formula is C12H14F2O2S. The van der Waals surface area contributed by atoms with Gasteiger partial charge in [0.05, 0.1) is 6.61 Å². The largest absolute Gasteiger partial charge is 0.466 e. The van der Waals surface area contributed by atoms with Crippen LogP contribution in [0.1, 0.15) is 18.9 Å². The molecule has 0 fully saturated rings. The number of halogens is 2. The summed E-state index contributed by atoms with van der Waals surface area (Å²) in [6.07, 6.45) is 0.883. The van der Waals surface area contributed by atoms with Gasteiger partial charge in [0.25, 0.3) is 5.76 Å². The fourth-order valence-corrected chi connectivity index (χ4v) is 1.82. The Bertz CT molecular complexity index is 352. The van der Waals surface area contributed by atoms with Crippen molar-refractivity contribution >= 4 is 17.7 Å². The van der Waals surface area contributed by atoms with Gasteiger partial charge in [0.2, 0.25) is 0 Å². The second kappa shape index (κ2) is 7.27. The Kier molecular flexibility index (Phi) is 5.97. The van der Waals surface area contributed by atoms with Crippen molar-refractivity contribution in [2.45, 2.75) is 30.4 Å². The van der Waals surface area contributed by atoms with E-state index in [9.17, 15) is 13.6 Å². The third-order valence-corrected chi connectivity index (χ3v) is 2.79. The smallest absolute Gasteiger partial charge is 0.306 e. The van der Waals surface area contributed by atoms with Gasteiger partial charge in [-0.1, -0.05) is 23.9 Å². The summed E-state index contributed by atoms with van der Waals surface area (Å²) in [7, 11) is 0. The second-order valence-corrected chi connectivity index (χ2v) is 4.39. The first-order valence-corrected chi connectivity index (χ1v) is 6.19. The van der Waals surface area contributed by atoms with Crippen molar-refractivity contribution in [3.05, 3.63) is 29.8 Å². The third kappa shape index (κ3) is 5.68. The number of esters is 1. The lowest BCUT2D eigenvalue weighted by Crippen LogP contribution is -2.05. The van der Waals surface area contributed by atoms with E-state index in [1.807, 2.05) is 0 Å². The van der Waals surface area contributed by atoms with Gasteiger partial charge < -0.3 is 4.74 Å². The van der Waals surface area contributed by atoms with Crippen LogP contribution >= 0.6 is 11.8 Å². The van der Waals surface area contributed by atoms with Crippen LogP contribution in [0, 0.1) is 0 Å². The monoisotopic (exact) mass is 260 g/mol. The molecule has 0 N–H and O–H groups in total. The molecule has 17 heavy (non-hydrogen) atoms. The van der Waals surface area contributed by atoms with Gasteiger partial charge in [-0.2, -0.15) is 8.78 Å². The Morgan fingerprint density at radius 1 is 1.35 bits per heavy atom. The van der Waals surface area contributed by atoms with Crippen molar-refractivity contribution in [3.63, 3.8) is 0 Å². The lowest BCUT2D eigenvalue weighted by Gasteiger charge is -2.04. The quantitative estimate of drug-likeness (QED) is 0.578. The zero-order valence-corrected chi connectivity index (χ0v) is 10.3. The highest BCUT2D eigenvalue weighted by atomic mass is 32.2. The van der Waals surface area contributed by atoms with Crippen LogP contribution in [0.2, 0.25) is 0 Å². The van der Waals surface area contributed by atoms with Gasteiger partial charge in [-0.15, -0.1) is 0 Å². The van der Waals surface area contributed by atoms with Crippen LogP contribution in [-0.4, -0.2) is 18.3 Å². The fraction of sp³-hybridized carbons (Fsp3) is 0.417. The average Bonchev–Trinajstić information content (AvgIpc) is 2.28. The molecule has 0 atom stereocenters. The standard InChI is InChI=1S/C12H14F2O2S/c1-2-16-11(15)8-5-9-3-6-10(7-4-9)17-12(13)14/h3-4,6-7,12H,2,5,8H2,1H3. The van der Waals surface area contributed by atoms with Crippen molar-refractivity contribution in [1.82, 2.24) is 0 Å². The minimum Gasteiger partial charge on any atom is -0.466 e. The molecule has 0 spiro atoms. The highest BCUT2D eigenvalue weighted by Crippen LogP contribution is 2.25. The molecule has 1 rings (SSSR count). The van der Waals surface area contributed by atoms with E-state index >= 15 is 0 Å². The van der Waals surface area contributed by atoms with Crippen molar-refractivity contribution in [1.29, 1.82) is 0 Å². The van der Waals surface area contributed by atoms with Crippen LogP contribution in [-0.2, 0) is 16.0 Å². The van der Waals surface area contributed by atoms with Crippen LogP contribution in [0.25, 0.3) is 0 Å². The summed E-state index contributed by atoms with van der Waals surface area (Å²) >= 11 is 0.515. The number of carbonyl (C=O) groups is 1. The number of hydrogen-bond donors (Lipinski definition) is 0. The molecule has 0 saturated heterocycles. The molecule has 0 radical (unpaired) electrons. The lowest BCUT2D eigenvalue weighted by molar-refractivity contribution is -0.143. The molecular weight excluding hydrogens is 246 g/mol. The summed E-state index contributed by atoms with van der Waals surface area (Å²) in [4.78, 5) is 11.6. The number of aryl methyl sites for hydroxylation is 1. The number of alkyl halides is 2. The molecule has 0 aliphatic rings. The zero-order valence-electron chi connectivity index (χ0n) is 9.49. The van der Waals surface area contributed by atoms with E-state index in [1.54, 1.807) is 31.2 Å². The van der Waals surface area contributed by atoms with E-state index in [2.05, 4.69) is 0 Å². The second-order valence-electron chi connectivity index (χ2n) is 3.33. The van der Waals surface area contributed by atoms with Crippen LogP contribution in [0.4, 0.5) is 8.78 Å². The van der Waals surface area contributed by atoms with Gasteiger partial charge in [-0.05, 0) is 31.0 Å². The Morgan fingerprint density at radius 3 is 2.53 bits per heavy atom. The maximum absolute atomic E-state index is 12.1. The average molecular weight is 260 g/mol. The van der Waals surface area contributed by atoms with E-state index in [0.29, 0.717) is 36.1 Å². The predicted octanol–water partition coefficient (Wildman–Crippen LogP) is 3.50. The molecule has 94 valence electrons. The Labute approximate surface area is 103 Å². The van der Waals surface area contributed by atoms with E-state index in [1.165, 1.54) is 0 Å². The first-order chi connectivity index (χ1) is 8.11. The van der Waals surface area contributed by atoms with Crippen LogP contribution < -0.4 is 0 Å². The van der Waals surface area contributed by atoms with Crippen molar-refractivity contribution in [3.8, 4) is 0 Å². The van der Waals surface area contributed by atoms with Crippen LogP contribution in [0.15, 0.2) is 29.2 Å². The Hall–Kier alpha value is -1.10. The first kappa shape index (κ1) is 14.0. The highest BCUT2D eigenvalue weighted by Gasteiger charge is 2.06. The summed E-state index contributed by atoms with van der Waals surface area (Å²) < 4.78 is 28.9. The summed E-state index contributed by atoms with van der Waals surface area (Å²) in [6.45, 7) is 2.14. The number of carbonyl (C=O) groups excluding carboxylic acids is 1. The maximum Gasteiger partial charge on any atom is 0.306 e. The molecule has 0 aromatic heterocycles. The van der Waals surface area contributed by atoms with E-state index < -0.39 is 5.76 Å². The number of benzene rings is 1. The molecule has 0 aliphatic heterocycles. The number of hydrogen-bond acceptors (Lipinski definition) is 3. The third-order valence-electron chi connectivity index (χ3n) is 2.07. The van der Waals surface area contributed by atoms with E-state index in [0.717, 1.165) is 5.56 Å². The van der Waals surface area contributed by atoms with Gasteiger partial charge >= 0.3 is 5.97 Å². The molecule has 2 nitrogen and oxygen atoms in total. The summed E-state index contributed by atoms with van der Waals surface area (Å²) in [5.41, 5.74) is 0.941. The van der Waals surface area contributed by atoms with Gasteiger partial charge in [-0.3, -0.25) is 4.79 Å². The number of rotatable bonds is 6. The van der Waals surface area contributed by atoms with Gasteiger partial charge in [0.1, 0.15) is 0 Å². The Balaban J connectivity index is 2.42. The van der Waals surface area contributed by atoms with E-state index in [-0.39, 0.29) is 5.97 Å². The van der Waals surface area contributed by atoms with Gasteiger partial charge in [0, 0.05) is 11.3 Å². The zero-order chi connectivity index (χ0) is 12.7. The Morgan fingerprint density at radius 2 is 2.00 bits per heavy atom. The maximum atomic E-state index is 12.1. The minimum atomic E-state index is -2.40. The van der Waals surface area contributed by atoms with Gasteiger partial charge in [0.15, 0.2) is 0 Å². The van der Waals surface area contributed by atoms with Crippen molar-refractivity contribution in [2.75, 3.05) is 6.61 Å². The fourth-order valence-electron chi connectivity index (χ4n) is 1.32. The summed E-state index contributed by atoms with van der Waals surface area (Å²) in [5.74, 6) is -2.64.